The summed E-state index contributed by atoms with van der Waals surface area (Å²) in [6, 6.07) is 14.1. The highest BCUT2D eigenvalue weighted by Crippen LogP contribution is 2.27. The first-order valence-corrected chi connectivity index (χ1v) is 8.42. The third-order valence-corrected chi connectivity index (χ3v) is 3.69. The van der Waals surface area contributed by atoms with E-state index in [4.69, 9.17) is 9.47 Å². The Morgan fingerprint density at radius 2 is 1.31 bits per heavy atom. The molecule has 0 unspecified atom stereocenters. The maximum absolute atomic E-state index is 12.3. The third-order valence-electron chi connectivity index (χ3n) is 3.69. The summed E-state index contributed by atoms with van der Waals surface area (Å²) in [4.78, 5) is 24.0. The minimum atomic E-state index is -0.702. The maximum atomic E-state index is 12.3. The lowest BCUT2D eigenvalue weighted by Crippen LogP contribution is -2.30. The van der Waals surface area contributed by atoms with Crippen LogP contribution in [0.3, 0.4) is 0 Å². The van der Waals surface area contributed by atoms with Crippen molar-refractivity contribution in [2.75, 3.05) is 17.7 Å². The Labute approximate surface area is 153 Å². The first-order chi connectivity index (χ1) is 12.4. The third kappa shape index (κ3) is 5.24. The van der Waals surface area contributed by atoms with Crippen molar-refractivity contribution in [3.8, 4) is 11.5 Å². The SMILES string of the molecule is COc1ccccc1O[C@H](C)C(=O)Nc1ccc(NC(=O)C(C)C)cc1. The van der Waals surface area contributed by atoms with Gasteiger partial charge in [0.15, 0.2) is 17.6 Å². The molecule has 0 bridgehead atoms. The molecule has 6 heteroatoms. The zero-order valence-electron chi connectivity index (χ0n) is 15.4. The number of hydrogen-bond acceptors (Lipinski definition) is 4. The maximum Gasteiger partial charge on any atom is 0.265 e. The minimum absolute atomic E-state index is 0.0550. The first kappa shape index (κ1) is 19.3. The summed E-state index contributed by atoms with van der Waals surface area (Å²) in [5.74, 6) is 0.639. The number of benzene rings is 2. The molecule has 0 fully saturated rings. The summed E-state index contributed by atoms with van der Waals surface area (Å²) in [7, 11) is 1.55. The summed E-state index contributed by atoms with van der Waals surface area (Å²) in [6.45, 7) is 5.32. The Morgan fingerprint density at radius 3 is 1.81 bits per heavy atom. The van der Waals surface area contributed by atoms with Crippen LogP contribution in [-0.4, -0.2) is 25.0 Å². The molecule has 6 nitrogen and oxygen atoms in total. The summed E-state index contributed by atoms with van der Waals surface area (Å²) in [6.07, 6.45) is -0.702. The fourth-order valence-corrected chi connectivity index (χ4v) is 2.13. The highest BCUT2D eigenvalue weighted by molar-refractivity contribution is 5.95. The number of carbonyl (C=O) groups is 2. The second kappa shape index (κ2) is 8.89. The lowest BCUT2D eigenvalue weighted by Gasteiger charge is -2.16. The fraction of sp³-hybridized carbons (Fsp3) is 0.300. The zero-order valence-corrected chi connectivity index (χ0v) is 15.4. The van der Waals surface area contributed by atoms with E-state index in [1.54, 1.807) is 50.4 Å². The van der Waals surface area contributed by atoms with Gasteiger partial charge in [0.2, 0.25) is 5.91 Å². The van der Waals surface area contributed by atoms with Gasteiger partial charge in [0, 0.05) is 17.3 Å². The summed E-state index contributed by atoms with van der Waals surface area (Å²) in [5.41, 5.74) is 1.30. The smallest absolute Gasteiger partial charge is 0.265 e. The van der Waals surface area contributed by atoms with Gasteiger partial charge in [-0.3, -0.25) is 9.59 Å². The molecule has 2 aromatic rings. The molecule has 2 aromatic carbocycles. The van der Waals surface area contributed by atoms with Crippen LogP contribution < -0.4 is 20.1 Å². The van der Waals surface area contributed by atoms with E-state index < -0.39 is 6.10 Å². The number of hydrogen-bond donors (Lipinski definition) is 2. The highest BCUT2D eigenvalue weighted by atomic mass is 16.5. The molecule has 26 heavy (non-hydrogen) atoms. The Bertz CT molecular complexity index is 757. The lowest BCUT2D eigenvalue weighted by molar-refractivity contribution is -0.122. The molecule has 0 radical (unpaired) electrons. The number of para-hydroxylation sites is 2. The van der Waals surface area contributed by atoms with Gasteiger partial charge in [-0.1, -0.05) is 26.0 Å². The molecule has 0 heterocycles. The van der Waals surface area contributed by atoms with Crippen molar-refractivity contribution in [1.82, 2.24) is 0 Å². The molecule has 2 amide bonds. The van der Waals surface area contributed by atoms with E-state index in [0.717, 1.165) is 0 Å². The van der Waals surface area contributed by atoms with Crippen LogP contribution in [0, 0.1) is 5.92 Å². The van der Waals surface area contributed by atoms with Gasteiger partial charge in [0.05, 0.1) is 7.11 Å². The number of rotatable bonds is 7. The second-order valence-corrected chi connectivity index (χ2v) is 6.12. The molecule has 0 spiro atoms. The molecule has 1 atom stereocenters. The van der Waals surface area contributed by atoms with Crippen LogP contribution in [0.1, 0.15) is 20.8 Å². The zero-order chi connectivity index (χ0) is 19.1. The molecule has 0 aliphatic rings. The van der Waals surface area contributed by atoms with Gasteiger partial charge in [0.1, 0.15) is 0 Å². The Balaban J connectivity index is 1.95. The number of ether oxygens (including phenoxy) is 2. The topological polar surface area (TPSA) is 76.7 Å². The quantitative estimate of drug-likeness (QED) is 0.793. The van der Waals surface area contributed by atoms with Crippen molar-refractivity contribution < 1.29 is 19.1 Å². The van der Waals surface area contributed by atoms with Crippen molar-refractivity contribution in [2.24, 2.45) is 5.92 Å². The lowest BCUT2D eigenvalue weighted by atomic mass is 10.2. The second-order valence-electron chi connectivity index (χ2n) is 6.12. The largest absolute Gasteiger partial charge is 0.493 e. The van der Waals surface area contributed by atoms with E-state index in [1.807, 2.05) is 26.0 Å². The Hall–Kier alpha value is -3.02. The van der Waals surface area contributed by atoms with Crippen LogP contribution in [0.5, 0.6) is 11.5 Å². The first-order valence-electron chi connectivity index (χ1n) is 8.42. The summed E-state index contributed by atoms with van der Waals surface area (Å²) < 4.78 is 10.9. The molecule has 0 saturated carbocycles. The van der Waals surface area contributed by atoms with Gasteiger partial charge < -0.3 is 20.1 Å². The minimum Gasteiger partial charge on any atom is -0.493 e. The number of methoxy groups -OCH3 is 1. The molecular weight excluding hydrogens is 332 g/mol. The van der Waals surface area contributed by atoms with Gasteiger partial charge in [-0.25, -0.2) is 0 Å². The van der Waals surface area contributed by atoms with Gasteiger partial charge in [-0.05, 0) is 43.3 Å². The van der Waals surface area contributed by atoms with Crippen molar-refractivity contribution in [3.63, 3.8) is 0 Å². The predicted molar refractivity (Wildman–Crippen MR) is 102 cm³/mol. The van der Waals surface area contributed by atoms with E-state index in [9.17, 15) is 9.59 Å². The average Bonchev–Trinajstić information content (AvgIpc) is 2.63. The number of carbonyl (C=O) groups excluding carboxylic acids is 2. The van der Waals surface area contributed by atoms with Crippen LogP contribution in [0.4, 0.5) is 11.4 Å². The summed E-state index contributed by atoms with van der Waals surface area (Å²) in [5, 5.41) is 5.59. The van der Waals surface area contributed by atoms with Crippen LogP contribution in [0.2, 0.25) is 0 Å². The van der Waals surface area contributed by atoms with Crippen LogP contribution in [-0.2, 0) is 9.59 Å². The fourth-order valence-electron chi connectivity index (χ4n) is 2.13. The van der Waals surface area contributed by atoms with Gasteiger partial charge >= 0.3 is 0 Å². The van der Waals surface area contributed by atoms with Crippen LogP contribution in [0.25, 0.3) is 0 Å². The van der Waals surface area contributed by atoms with E-state index >= 15 is 0 Å². The average molecular weight is 356 g/mol. The van der Waals surface area contributed by atoms with Gasteiger partial charge in [-0.2, -0.15) is 0 Å². The molecular formula is C20H24N2O4. The van der Waals surface area contributed by atoms with Crippen molar-refractivity contribution in [1.29, 1.82) is 0 Å². The number of amides is 2. The molecule has 2 rings (SSSR count). The van der Waals surface area contributed by atoms with E-state index in [-0.39, 0.29) is 17.7 Å². The van der Waals surface area contributed by atoms with E-state index in [1.165, 1.54) is 0 Å². The van der Waals surface area contributed by atoms with Gasteiger partial charge in [-0.15, -0.1) is 0 Å². The monoisotopic (exact) mass is 356 g/mol. The van der Waals surface area contributed by atoms with Crippen molar-refractivity contribution in [3.05, 3.63) is 48.5 Å². The number of anilines is 2. The van der Waals surface area contributed by atoms with Gasteiger partial charge in [0.25, 0.3) is 5.91 Å². The predicted octanol–water partition coefficient (Wildman–Crippen LogP) is 3.70. The van der Waals surface area contributed by atoms with E-state index in [2.05, 4.69) is 10.6 Å². The number of nitrogens with one attached hydrogen (secondary N) is 2. The van der Waals surface area contributed by atoms with E-state index in [0.29, 0.717) is 22.9 Å². The van der Waals surface area contributed by atoms with Crippen molar-refractivity contribution in [2.45, 2.75) is 26.9 Å². The van der Waals surface area contributed by atoms with Crippen LogP contribution in [0.15, 0.2) is 48.5 Å². The standard InChI is InChI=1S/C20H24N2O4/c1-13(2)19(23)21-15-9-11-16(12-10-15)22-20(24)14(3)26-18-8-6-5-7-17(18)25-4/h5-14H,1-4H3,(H,21,23)(H,22,24)/t14-/m1/s1. The molecule has 0 saturated heterocycles. The molecule has 0 aromatic heterocycles. The molecule has 0 aliphatic heterocycles. The molecule has 138 valence electrons. The normalized spacial score (nSPS) is 11.6. The van der Waals surface area contributed by atoms with Crippen molar-refractivity contribution >= 4 is 23.2 Å². The molecule has 2 N–H and O–H groups in total. The highest BCUT2D eigenvalue weighted by Gasteiger charge is 2.17. The summed E-state index contributed by atoms with van der Waals surface area (Å²) >= 11 is 0. The van der Waals surface area contributed by atoms with Crippen LogP contribution >= 0.6 is 0 Å². The Morgan fingerprint density at radius 1 is 0.808 bits per heavy atom. The Kier molecular flexibility index (Phi) is 6.60. The molecule has 0 aliphatic carbocycles.